The maximum absolute atomic E-state index is 6.89. The van der Waals surface area contributed by atoms with Crippen LogP contribution in [0.5, 0.6) is 0 Å². The molecule has 2 aromatic heterocycles. The minimum Gasteiger partial charge on any atom is -0.370 e. The Morgan fingerprint density at radius 1 is 1.09 bits per heavy atom. The third-order valence-electron chi connectivity index (χ3n) is 6.71. The number of nitrogens with zero attached hydrogens (tertiary/aromatic N) is 4. The van der Waals surface area contributed by atoms with Gasteiger partial charge < -0.3 is 19.7 Å². The number of pyridine rings is 1. The molecule has 4 atom stereocenters. The summed E-state index contributed by atoms with van der Waals surface area (Å²) in [5.41, 5.74) is 4.25. The van der Waals surface area contributed by atoms with E-state index in [1.54, 1.807) is 0 Å². The molecule has 2 fully saturated rings. The number of halogens is 1. The van der Waals surface area contributed by atoms with Crippen molar-refractivity contribution < 1.29 is 0 Å². The fraction of sp³-hybridized carbons (Fsp3) is 0.385. The Morgan fingerprint density at radius 3 is 2.52 bits per heavy atom. The normalized spacial score (nSPS) is 25.4. The highest BCUT2D eigenvalue weighted by Gasteiger charge is 2.41. The van der Waals surface area contributed by atoms with Crippen LogP contribution in [-0.4, -0.2) is 27.8 Å². The van der Waals surface area contributed by atoms with Gasteiger partial charge in [-0.25, -0.2) is 0 Å². The highest BCUT2D eigenvalue weighted by molar-refractivity contribution is 7.80. The van der Waals surface area contributed by atoms with Crippen molar-refractivity contribution >= 4 is 40.3 Å². The number of aryl methyl sites for hydroxylation is 1. The highest BCUT2D eigenvalue weighted by atomic mass is 35.5. The smallest absolute Gasteiger partial charge is 0.174 e. The maximum Gasteiger partial charge on any atom is 0.174 e. The highest BCUT2D eigenvalue weighted by Crippen LogP contribution is 2.43. The molecule has 3 aromatic rings. The predicted octanol–water partition coefficient (Wildman–Crippen LogP) is 5.73. The van der Waals surface area contributed by atoms with E-state index in [0.29, 0.717) is 16.9 Å². The van der Waals surface area contributed by atoms with E-state index in [4.69, 9.17) is 23.8 Å². The molecule has 0 spiro atoms. The molecule has 0 radical (unpaired) electrons. The lowest BCUT2D eigenvalue weighted by Gasteiger charge is -2.37. The van der Waals surface area contributed by atoms with Gasteiger partial charge in [-0.2, -0.15) is 0 Å². The quantitative estimate of drug-likeness (QED) is 0.483. The molecule has 0 saturated carbocycles. The number of thiocarbonyl (C=S) groups is 1. The first-order chi connectivity index (χ1) is 15.9. The molecule has 4 heterocycles. The van der Waals surface area contributed by atoms with Crippen molar-refractivity contribution in [1.29, 1.82) is 0 Å². The van der Waals surface area contributed by atoms with E-state index >= 15 is 0 Å². The van der Waals surface area contributed by atoms with E-state index in [1.165, 1.54) is 12.0 Å². The number of benzene rings is 1. The van der Waals surface area contributed by atoms with Crippen molar-refractivity contribution in [2.24, 2.45) is 18.9 Å². The van der Waals surface area contributed by atoms with Crippen LogP contribution in [0.2, 0.25) is 5.02 Å². The van der Waals surface area contributed by atoms with Crippen LogP contribution < -0.4 is 15.1 Å². The van der Waals surface area contributed by atoms with E-state index in [9.17, 15) is 0 Å². The summed E-state index contributed by atoms with van der Waals surface area (Å²) < 4.78 is 2.07. The molecule has 5 nitrogen and oxygen atoms in total. The van der Waals surface area contributed by atoms with Crippen LogP contribution in [0.25, 0.3) is 0 Å². The standard InChI is InChI=1S/C26H30ClN5S/c1-17-12-18(2)15-31(14-17)23-8-7-20(13-21(23)27)32-25(19-9-11-30(3)16-19)24(29-26(32)33)22-6-4-5-10-28-22/h4-11,13,16-18,24-25H,12,14-15H2,1-3H3,(H,29,33). The first-order valence-corrected chi connectivity index (χ1v) is 12.4. The third kappa shape index (κ3) is 4.34. The van der Waals surface area contributed by atoms with Gasteiger partial charge in [-0.05, 0) is 72.4 Å². The molecule has 172 valence electrons. The van der Waals surface area contributed by atoms with Crippen LogP contribution in [0, 0.1) is 11.8 Å². The summed E-state index contributed by atoms with van der Waals surface area (Å²) in [7, 11) is 2.04. The Bertz CT molecular complexity index is 1140. The largest absolute Gasteiger partial charge is 0.370 e. The van der Waals surface area contributed by atoms with Gasteiger partial charge in [0.25, 0.3) is 0 Å². The Hall–Kier alpha value is -2.57. The summed E-state index contributed by atoms with van der Waals surface area (Å²) in [6, 6.07) is 14.4. The molecule has 5 rings (SSSR count). The molecule has 1 aromatic carbocycles. The molecule has 2 aliphatic rings. The van der Waals surface area contributed by atoms with E-state index in [2.05, 4.69) is 81.2 Å². The second kappa shape index (κ2) is 8.99. The number of hydrogen-bond donors (Lipinski definition) is 1. The molecule has 0 amide bonds. The van der Waals surface area contributed by atoms with E-state index in [0.717, 1.165) is 35.2 Å². The minimum absolute atomic E-state index is 0.0226. The van der Waals surface area contributed by atoms with Crippen molar-refractivity contribution in [2.45, 2.75) is 32.4 Å². The van der Waals surface area contributed by atoms with Crippen molar-refractivity contribution in [2.75, 3.05) is 22.9 Å². The van der Waals surface area contributed by atoms with Gasteiger partial charge in [-0.15, -0.1) is 0 Å². The second-order valence-electron chi connectivity index (χ2n) is 9.59. The number of anilines is 2. The molecule has 1 N–H and O–H groups in total. The van der Waals surface area contributed by atoms with Gasteiger partial charge in [0.2, 0.25) is 0 Å². The monoisotopic (exact) mass is 479 g/mol. The van der Waals surface area contributed by atoms with Crippen LogP contribution in [0.4, 0.5) is 11.4 Å². The molecule has 4 unspecified atom stereocenters. The average molecular weight is 480 g/mol. The second-order valence-corrected chi connectivity index (χ2v) is 10.4. The maximum atomic E-state index is 6.89. The molecular formula is C26H30ClN5S. The Labute approximate surface area is 206 Å². The molecular weight excluding hydrogens is 450 g/mol. The van der Waals surface area contributed by atoms with Crippen LogP contribution in [-0.2, 0) is 7.05 Å². The van der Waals surface area contributed by atoms with Crippen molar-refractivity contribution in [3.63, 3.8) is 0 Å². The molecule has 2 saturated heterocycles. The van der Waals surface area contributed by atoms with Crippen LogP contribution >= 0.6 is 23.8 Å². The summed E-state index contributed by atoms with van der Waals surface area (Å²) in [6.45, 7) is 6.73. The predicted molar refractivity (Wildman–Crippen MR) is 140 cm³/mol. The third-order valence-corrected chi connectivity index (χ3v) is 7.33. The Kier molecular flexibility index (Phi) is 6.06. The summed E-state index contributed by atoms with van der Waals surface area (Å²) in [5, 5.41) is 4.97. The number of piperidine rings is 1. The average Bonchev–Trinajstić information content (AvgIpc) is 3.36. The number of rotatable bonds is 4. The topological polar surface area (TPSA) is 36.3 Å². The van der Waals surface area contributed by atoms with Crippen molar-refractivity contribution in [1.82, 2.24) is 14.9 Å². The van der Waals surface area contributed by atoms with E-state index < -0.39 is 0 Å². The summed E-state index contributed by atoms with van der Waals surface area (Å²) in [4.78, 5) is 9.23. The summed E-state index contributed by atoms with van der Waals surface area (Å²) >= 11 is 12.7. The molecule has 7 heteroatoms. The molecule has 0 bridgehead atoms. The lowest BCUT2D eigenvalue weighted by molar-refractivity contribution is 0.357. The SMILES string of the molecule is CC1CC(C)CN(c2ccc(N3C(=S)NC(c4ccccn4)C3c3ccn(C)c3)cc2Cl)C1. The van der Waals surface area contributed by atoms with Gasteiger partial charge in [0, 0.05) is 44.4 Å². The molecule has 33 heavy (non-hydrogen) atoms. The lowest BCUT2D eigenvalue weighted by Crippen LogP contribution is -2.38. The van der Waals surface area contributed by atoms with Gasteiger partial charge in [-0.3, -0.25) is 4.98 Å². The van der Waals surface area contributed by atoms with E-state index in [-0.39, 0.29) is 12.1 Å². The molecule has 0 aliphatic carbocycles. The van der Waals surface area contributed by atoms with Gasteiger partial charge in [-0.1, -0.05) is 31.5 Å². The fourth-order valence-corrected chi connectivity index (χ4v) is 6.07. The first kappa shape index (κ1) is 22.2. The number of aromatic nitrogens is 2. The minimum atomic E-state index is -0.0525. The van der Waals surface area contributed by atoms with Crippen LogP contribution in [0.1, 0.15) is 43.6 Å². The van der Waals surface area contributed by atoms with Crippen molar-refractivity contribution in [3.8, 4) is 0 Å². The van der Waals surface area contributed by atoms with Crippen LogP contribution in [0.3, 0.4) is 0 Å². The zero-order valence-corrected chi connectivity index (χ0v) is 20.9. The lowest BCUT2D eigenvalue weighted by atomic mass is 9.91. The van der Waals surface area contributed by atoms with Crippen molar-refractivity contribution in [3.05, 3.63) is 77.3 Å². The first-order valence-electron chi connectivity index (χ1n) is 11.6. The van der Waals surface area contributed by atoms with Crippen LogP contribution in [0.15, 0.2) is 61.1 Å². The zero-order chi connectivity index (χ0) is 23.1. The Morgan fingerprint density at radius 2 is 1.88 bits per heavy atom. The zero-order valence-electron chi connectivity index (χ0n) is 19.3. The summed E-state index contributed by atoms with van der Waals surface area (Å²) in [6.07, 6.45) is 7.32. The van der Waals surface area contributed by atoms with Gasteiger partial charge >= 0.3 is 0 Å². The Balaban J connectivity index is 1.51. The molecule has 2 aliphatic heterocycles. The fourth-order valence-electron chi connectivity index (χ4n) is 5.43. The van der Waals surface area contributed by atoms with Gasteiger partial charge in [0.05, 0.1) is 28.5 Å². The number of nitrogens with one attached hydrogen (secondary N) is 1. The van der Waals surface area contributed by atoms with Gasteiger partial charge in [0.1, 0.15) is 0 Å². The summed E-state index contributed by atoms with van der Waals surface area (Å²) in [5.74, 6) is 1.34. The van der Waals surface area contributed by atoms with Gasteiger partial charge in [0.15, 0.2) is 5.11 Å². The van der Waals surface area contributed by atoms with E-state index in [1.807, 2.05) is 25.4 Å². The number of hydrogen-bond acceptors (Lipinski definition) is 3.